The molecule has 0 atom stereocenters. The predicted molar refractivity (Wildman–Crippen MR) is 78.4 cm³/mol. The lowest BCUT2D eigenvalue weighted by Crippen LogP contribution is -2.00. The summed E-state index contributed by atoms with van der Waals surface area (Å²) in [6, 6.07) is 7.86. The highest BCUT2D eigenvalue weighted by Crippen LogP contribution is 2.25. The summed E-state index contributed by atoms with van der Waals surface area (Å²) < 4.78 is 2.14. The lowest BCUT2D eigenvalue weighted by atomic mass is 10.3. The van der Waals surface area contributed by atoms with Gasteiger partial charge in [-0.3, -0.25) is 4.57 Å². The molecule has 0 N–H and O–H groups in total. The number of benzene rings is 1. The molecule has 92 valence electrons. The van der Waals surface area contributed by atoms with Crippen molar-refractivity contribution in [2.75, 3.05) is 5.88 Å². The highest BCUT2D eigenvalue weighted by atomic mass is 35.5. The summed E-state index contributed by atoms with van der Waals surface area (Å²) in [5.74, 6) is 1.53. The Hall–Kier alpha value is -1.03. The summed E-state index contributed by atoms with van der Waals surface area (Å²) in [7, 11) is 0. The van der Waals surface area contributed by atoms with Crippen molar-refractivity contribution in [1.29, 1.82) is 0 Å². The second-order valence-electron chi connectivity index (χ2n) is 3.92. The molecule has 2 heterocycles. The van der Waals surface area contributed by atoms with Crippen LogP contribution in [0.15, 0.2) is 35.0 Å². The third kappa shape index (κ3) is 2.03. The van der Waals surface area contributed by atoms with Crippen LogP contribution in [0.1, 0.15) is 5.82 Å². The van der Waals surface area contributed by atoms with E-state index in [1.807, 2.05) is 18.2 Å². The quantitative estimate of drug-likeness (QED) is 0.650. The van der Waals surface area contributed by atoms with Gasteiger partial charge < -0.3 is 0 Å². The molecule has 0 amide bonds. The highest BCUT2D eigenvalue weighted by Gasteiger charge is 2.12. The van der Waals surface area contributed by atoms with Gasteiger partial charge in [0.25, 0.3) is 0 Å². The number of aryl methyl sites for hydroxylation is 1. The molecule has 0 saturated heterocycles. The van der Waals surface area contributed by atoms with Gasteiger partial charge in [-0.05, 0) is 29.6 Å². The van der Waals surface area contributed by atoms with Crippen LogP contribution < -0.4 is 0 Å². The molecule has 0 fully saturated rings. The van der Waals surface area contributed by atoms with Gasteiger partial charge in [0.15, 0.2) is 0 Å². The van der Waals surface area contributed by atoms with Gasteiger partial charge in [-0.2, -0.15) is 11.3 Å². The second kappa shape index (κ2) is 4.92. The van der Waals surface area contributed by atoms with E-state index in [-0.39, 0.29) is 0 Å². The fourth-order valence-electron chi connectivity index (χ4n) is 2.03. The van der Waals surface area contributed by atoms with E-state index < -0.39 is 0 Å². The van der Waals surface area contributed by atoms with Crippen LogP contribution in [0.4, 0.5) is 0 Å². The molecule has 0 aliphatic rings. The zero-order chi connectivity index (χ0) is 12.5. The molecule has 5 heteroatoms. The number of fused-ring (bicyclic) bond motifs is 1. The number of hydrogen-bond donors (Lipinski definition) is 0. The minimum Gasteiger partial charge on any atom is -0.295 e. The van der Waals surface area contributed by atoms with Gasteiger partial charge >= 0.3 is 0 Å². The van der Waals surface area contributed by atoms with Crippen LogP contribution >= 0.6 is 34.5 Å². The van der Waals surface area contributed by atoms with Gasteiger partial charge in [0.1, 0.15) is 5.82 Å². The SMILES string of the molecule is ClCCc1nc2cc(Cl)ccc2n1-c1ccsc1. The van der Waals surface area contributed by atoms with E-state index in [1.165, 1.54) is 0 Å². The van der Waals surface area contributed by atoms with E-state index >= 15 is 0 Å². The van der Waals surface area contributed by atoms with E-state index in [0.29, 0.717) is 10.9 Å². The molecule has 0 saturated carbocycles. The van der Waals surface area contributed by atoms with Crippen molar-refractivity contribution < 1.29 is 0 Å². The molecular formula is C13H10Cl2N2S. The summed E-state index contributed by atoms with van der Waals surface area (Å²) in [6.45, 7) is 0. The molecule has 0 aliphatic heterocycles. The van der Waals surface area contributed by atoms with Gasteiger partial charge in [-0.25, -0.2) is 4.98 Å². The molecule has 1 aromatic carbocycles. The highest BCUT2D eigenvalue weighted by molar-refractivity contribution is 7.08. The number of rotatable bonds is 3. The Labute approximate surface area is 119 Å². The smallest absolute Gasteiger partial charge is 0.115 e. The minimum absolute atomic E-state index is 0.557. The van der Waals surface area contributed by atoms with Crippen LogP contribution in [-0.4, -0.2) is 15.4 Å². The Balaban J connectivity index is 2.28. The fourth-order valence-corrected chi connectivity index (χ4v) is 2.98. The topological polar surface area (TPSA) is 17.8 Å². The van der Waals surface area contributed by atoms with Crippen molar-refractivity contribution >= 4 is 45.6 Å². The first-order valence-corrected chi connectivity index (χ1v) is 7.40. The summed E-state index contributed by atoms with van der Waals surface area (Å²) in [5.41, 5.74) is 3.11. The second-order valence-corrected chi connectivity index (χ2v) is 5.51. The van der Waals surface area contributed by atoms with Crippen molar-refractivity contribution in [1.82, 2.24) is 9.55 Å². The summed E-state index contributed by atoms with van der Waals surface area (Å²) >= 11 is 13.5. The van der Waals surface area contributed by atoms with Gasteiger partial charge in [0.2, 0.25) is 0 Å². The molecular weight excluding hydrogens is 287 g/mol. The van der Waals surface area contributed by atoms with Crippen molar-refractivity contribution in [3.63, 3.8) is 0 Å². The van der Waals surface area contributed by atoms with Gasteiger partial charge in [-0.1, -0.05) is 11.6 Å². The van der Waals surface area contributed by atoms with Gasteiger partial charge in [0, 0.05) is 22.7 Å². The Morgan fingerprint density at radius 2 is 2.17 bits per heavy atom. The van der Waals surface area contributed by atoms with Crippen LogP contribution in [0.2, 0.25) is 5.02 Å². The Morgan fingerprint density at radius 3 is 2.89 bits per heavy atom. The van der Waals surface area contributed by atoms with Crippen LogP contribution in [0.25, 0.3) is 16.7 Å². The molecule has 18 heavy (non-hydrogen) atoms. The molecule has 0 bridgehead atoms. The van der Waals surface area contributed by atoms with Crippen molar-refractivity contribution in [2.45, 2.75) is 6.42 Å². The first-order valence-electron chi connectivity index (χ1n) is 5.55. The van der Waals surface area contributed by atoms with Crippen LogP contribution in [0, 0.1) is 0 Å². The average Bonchev–Trinajstić information content (AvgIpc) is 2.95. The van der Waals surface area contributed by atoms with E-state index in [4.69, 9.17) is 23.2 Å². The third-order valence-corrected chi connectivity index (χ3v) is 3.86. The number of imidazole rings is 1. The first kappa shape index (κ1) is 12.0. The lowest BCUT2D eigenvalue weighted by molar-refractivity contribution is 0.915. The number of aromatic nitrogens is 2. The fraction of sp³-hybridized carbons (Fsp3) is 0.154. The zero-order valence-electron chi connectivity index (χ0n) is 9.44. The van der Waals surface area contributed by atoms with E-state index in [0.717, 1.165) is 29.0 Å². The maximum absolute atomic E-state index is 6.01. The normalized spacial score (nSPS) is 11.2. The lowest BCUT2D eigenvalue weighted by Gasteiger charge is -2.05. The van der Waals surface area contributed by atoms with Crippen molar-refractivity contribution in [3.05, 3.63) is 45.9 Å². The Morgan fingerprint density at radius 1 is 1.28 bits per heavy atom. The summed E-state index contributed by atoms with van der Waals surface area (Å²) in [4.78, 5) is 4.62. The van der Waals surface area contributed by atoms with E-state index in [1.54, 1.807) is 11.3 Å². The average molecular weight is 297 g/mol. The number of alkyl halides is 1. The number of thiophene rings is 1. The molecule has 2 nitrogen and oxygen atoms in total. The predicted octanol–water partition coefficient (Wildman–Crippen LogP) is 4.52. The zero-order valence-corrected chi connectivity index (χ0v) is 11.8. The largest absolute Gasteiger partial charge is 0.295 e. The Bertz CT molecular complexity index is 674. The molecule has 0 spiro atoms. The summed E-state index contributed by atoms with van der Waals surface area (Å²) in [5, 5.41) is 4.87. The van der Waals surface area contributed by atoms with E-state index in [2.05, 4.69) is 26.4 Å². The minimum atomic E-state index is 0.557. The monoisotopic (exact) mass is 296 g/mol. The Kier molecular flexibility index (Phi) is 3.29. The van der Waals surface area contributed by atoms with Crippen LogP contribution in [0.5, 0.6) is 0 Å². The summed E-state index contributed by atoms with van der Waals surface area (Å²) in [6.07, 6.45) is 0.740. The van der Waals surface area contributed by atoms with Crippen LogP contribution in [-0.2, 0) is 6.42 Å². The number of halogens is 2. The van der Waals surface area contributed by atoms with Crippen molar-refractivity contribution in [3.8, 4) is 5.69 Å². The number of nitrogens with zero attached hydrogens (tertiary/aromatic N) is 2. The maximum atomic E-state index is 6.01. The van der Waals surface area contributed by atoms with Crippen LogP contribution in [0.3, 0.4) is 0 Å². The molecule has 0 aliphatic carbocycles. The maximum Gasteiger partial charge on any atom is 0.115 e. The third-order valence-electron chi connectivity index (χ3n) is 2.77. The molecule has 3 rings (SSSR count). The number of hydrogen-bond acceptors (Lipinski definition) is 2. The molecule has 0 radical (unpaired) electrons. The van der Waals surface area contributed by atoms with E-state index in [9.17, 15) is 0 Å². The van der Waals surface area contributed by atoms with Gasteiger partial charge in [0.05, 0.1) is 16.7 Å². The molecule has 0 unspecified atom stereocenters. The first-order chi connectivity index (χ1) is 8.79. The van der Waals surface area contributed by atoms with Gasteiger partial charge in [-0.15, -0.1) is 11.6 Å². The van der Waals surface area contributed by atoms with Crippen molar-refractivity contribution in [2.24, 2.45) is 0 Å². The standard InChI is InChI=1S/C13H10Cl2N2S/c14-5-3-13-16-11-7-9(15)1-2-12(11)17(13)10-4-6-18-8-10/h1-2,4,6-8H,3,5H2. The molecule has 2 aromatic heterocycles. The molecule has 3 aromatic rings.